The Balaban J connectivity index is 2.03. The molecule has 0 spiro atoms. The molecule has 1 aliphatic rings. The van der Waals surface area contributed by atoms with Gasteiger partial charge in [-0.3, -0.25) is 0 Å². The van der Waals surface area contributed by atoms with Crippen molar-refractivity contribution in [3.63, 3.8) is 0 Å². The number of unbranched alkanes of at least 4 members (excludes halogenated alkanes) is 1. The highest BCUT2D eigenvalue weighted by atomic mass is 16.5. The monoisotopic (exact) mass is 224 g/mol. The van der Waals surface area contributed by atoms with E-state index in [2.05, 4.69) is 49.4 Å². The van der Waals surface area contributed by atoms with Crippen LogP contribution in [0.2, 0.25) is 0 Å². The Morgan fingerprint density at radius 2 is 2.00 bits per heavy atom. The van der Waals surface area contributed by atoms with Gasteiger partial charge in [0.2, 0.25) is 0 Å². The van der Waals surface area contributed by atoms with Crippen molar-refractivity contribution >= 4 is 22.9 Å². The topological polar surface area (TPSA) is 9.23 Å². The minimum atomic E-state index is 0.811. The molecule has 3 rings (SSSR count). The van der Waals surface area contributed by atoms with Crippen LogP contribution in [0, 0.1) is 0 Å². The van der Waals surface area contributed by atoms with Crippen LogP contribution in [0.25, 0.3) is 22.9 Å². The van der Waals surface area contributed by atoms with Crippen LogP contribution in [0.3, 0.4) is 0 Å². The van der Waals surface area contributed by atoms with Crippen molar-refractivity contribution in [2.45, 2.75) is 19.8 Å². The lowest BCUT2D eigenvalue weighted by atomic mass is 10.0. The predicted octanol–water partition coefficient (Wildman–Crippen LogP) is 4.50. The number of hydrogen-bond acceptors (Lipinski definition) is 1. The standard InChI is InChI=1S/C16H16O/c1-2-3-11-17-15-10-8-13-6-4-5-12-7-9-14(15)16(12)13/h4-10H,2-3,11H2,1H3. The van der Waals surface area contributed by atoms with Gasteiger partial charge in [0.05, 0.1) is 6.61 Å². The zero-order chi connectivity index (χ0) is 11.7. The van der Waals surface area contributed by atoms with Crippen LogP contribution in [0.15, 0.2) is 30.3 Å². The lowest BCUT2D eigenvalue weighted by Crippen LogP contribution is -1.98. The van der Waals surface area contributed by atoms with Gasteiger partial charge in [0.25, 0.3) is 0 Å². The first-order valence-corrected chi connectivity index (χ1v) is 6.27. The summed E-state index contributed by atoms with van der Waals surface area (Å²) >= 11 is 0. The van der Waals surface area contributed by atoms with E-state index >= 15 is 0 Å². The molecule has 0 radical (unpaired) electrons. The highest BCUT2D eigenvalue weighted by molar-refractivity contribution is 6.06. The zero-order valence-electron chi connectivity index (χ0n) is 10.1. The molecule has 0 unspecified atom stereocenters. The van der Waals surface area contributed by atoms with Crippen LogP contribution < -0.4 is 4.74 Å². The fraction of sp³-hybridized carbons (Fsp3) is 0.250. The predicted molar refractivity (Wildman–Crippen MR) is 73.3 cm³/mol. The molecule has 0 saturated heterocycles. The highest BCUT2D eigenvalue weighted by Gasteiger charge is 2.13. The first kappa shape index (κ1) is 10.4. The third-order valence-corrected chi connectivity index (χ3v) is 3.26. The molecule has 2 aromatic carbocycles. The molecule has 1 heteroatoms. The number of rotatable bonds is 4. The van der Waals surface area contributed by atoms with E-state index in [-0.39, 0.29) is 0 Å². The van der Waals surface area contributed by atoms with Crippen molar-refractivity contribution in [3.05, 3.63) is 41.5 Å². The van der Waals surface area contributed by atoms with Crippen LogP contribution in [0.1, 0.15) is 30.9 Å². The molecule has 0 aliphatic heterocycles. The summed E-state index contributed by atoms with van der Waals surface area (Å²) in [5.41, 5.74) is 2.55. The minimum Gasteiger partial charge on any atom is -0.493 e. The molecule has 1 aliphatic carbocycles. The molecule has 86 valence electrons. The third-order valence-electron chi connectivity index (χ3n) is 3.26. The van der Waals surface area contributed by atoms with Gasteiger partial charge in [-0.05, 0) is 34.9 Å². The molecule has 2 aromatic rings. The van der Waals surface area contributed by atoms with Crippen molar-refractivity contribution in [2.24, 2.45) is 0 Å². The average molecular weight is 224 g/mol. The second kappa shape index (κ2) is 4.25. The van der Waals surface area contributed by atoms with Gasteiger partial charge in [-0.25, -0.2) is 0 Å². The van der Waals surface area contributed by atoms with Gasteiger partial charge < -0.3 is 4.74 Å². The molecule has 0 amide bonds. The van der Waals surface area contributed by atoms with Crippen molar-refractivity contribution in [1.29, 1.82) is 0 Å². The van der Waals surface area contributed by atoms with Crippen LogP contribution in [-0.2, 0) is 0 Å². The van der Waals surface area contributed by atoms with E-state index in [0.29, 0.717) is 0 Å². The highest BCUT2D eigenvalue weighted by Crippen LogP contribution is 2.37. The Bertz CT molecular complexity index is 581. The average Bonchev–Trinajstić information content (AvgIpc) is 2.79. The number of hydrogen-bond donors (Lipinski definition) is 0. The van der Waals surface area contributed by atoms with Crippen LogP contribution in [-0.4, -0.2) is 6.61 Å². The fourth-order valence-corrected chi connectivity index (χ4v) is 2.35. The lowest BCUT2D eigenvalue weighted by Gasteiger charge is -2.10. The number of benzene rings is 2. The Hall–Kier alpha value is -1.76. The van der Waals surface area contributed by atoms with Crippen molar-refractivity contribution < 1.29 is 4.74 Å². The Morgan fingerprint density at radius 1 is 1.06 bits per heavy atom. The molecule has 0 bridgehead atoms. The molecule has 17 heavy (non-hydrogen) atoms. The number of ether oxygens (including phenoxy) is 1. The van der Waals surface area contributed by atoms with Crippen LogP contribution in [0.4, 0.5) is 0 Å². The summed E-state index contributed by atoms with van der Waals surface area (Å²) in [6.45, 7) is 2.99. The summed E-state index contributed by atoms with van der Waals surface area (Å²) in [5, 5.41) is 2.63. The molecule has 0 saturated carbocycles. The van der Waals surface area contributed by atoms with Crippen LogP contribution in [0.5, 0.6) is 5.75 Å². The normalized spacial score (nSPS) is 12.3. The van der Waals surface area contributed by atoms with Crippen molar-refractivity contribution in [2.75, 3.05) is 6.61 Å². The summed E-state index contributed by atoms with van der Waals surface area (Å²) in [6, 6.07) is 10.7. The molecule has 1 nitrogen and oxygen atoms in total. The maximum atomic E-state index is 5.86. The maximum absolute atomic E-state index is 5.86. The summed E-state index contributed by atoms with van der Waals surface area (Å²) in [5.74, 6) is 1.02. The first-order valence-electron chi connectivity index (χ1n) is 6.27. The lowest BCUT2D eigenvalue weighted by molar-refractivity contribution is 0.309. The molecule has 0 N–H and O–H groups in total. The smallest absolute Gasteiger partial charge is 0.127 e. The second-order valence-corrected chi connectivity index (χ2v) is 4.46. The molecular weight excluding hydrogens is 208 g/mol. The van der Waals surface area contributed by atoms with E-state index in [0.717, 1.165) is 18.8 Å². The van der Waals surface area contributed by atoms with Gasteiger partial charge >= 0.3 is 0 Å². The largest absolute Gasteiger partial charge is 0.493 e. The van der Waals surface area contributed by atoms with Crippen molar-refractivity contribution in [1.82, 2.24) is 0 Å². The van der Waals surface area contributed by atoms with Crippen molar-refractivity contribution in [3.8, 4) is 5.75 Å². The van der Waals surface area contributed by atoms with Gasteiger partial charge in [-0.15, -0.1) is 0 Å². The van der Waals surface area contributed by atoms with E-state index in [1.54, 1.807) is 0 Å². The Kier molecular flexibility index (Phi) is 2.60. The molecule has 0 atom stereocenters. The summed E-state index contributed by atoms with van der Waals surface area (Å²) in [7, 11) is 0. The first-order chi connectivity index (χ1) is 8.40. The SMILES string of the molecule is CCCCOc1ccc2cccc3c2c1C=C3. The Labute approximate surface area is 102 Å². The zero-order valence-corrected chi connectivity index (χ0v) is 10.1. The van der Waals surface area contributed by atoms with Gasteiger partial charge in [0.1, 0.15) is 5.75 Å². The van der Waals surface area contributed by atoms with Gasteiger partial charge in [-0.1, -0.05) is 43.7 Å². The van der Waals surface area contributed by atoms with E-state index in [1.165, 1.54) is 28.3 Å². The van der Waals surface area contributed by atoms with Gasteiger partial charge in [-0.2, -0.15) is 0 Å². The van der Waals surface area contributed by atoms with Gasteiger partial charge in [0, 0.05) is 5.56 Å². The Morgan fingerprint density at radius 3 is 2.88 bits per heavy atom. The summed E-state index contributed by atoms with van der Waals surface area (Å²) < 4.78 is 5.86. The van der Waals surface area contributed by atoms with Gasteiger partial charge in [0.15, 0.2) is 0 Å². The van der Waals surface area contributed by atoms with E-state index in [9.17, 15) is 0 Å². The summed E-state index contributed by atoms with van der Waals surface area (Å²) in [6.07, 6.45) is 6.62. The fourth-order valence-electron chi connectivity index (χ4n) is 2.35. The maximum Gasteiger partial charge on any atom is 0.127 e. The van der Waals surface area contributed by atoms with Crippen LogP contribution >= 0.6 is 0 Å². The summed E-state index contributed by atoms with van der Waals surface area (Å²) in [4.78, 5) is 0. The quantitative estimate of drug-likeness (QED) is 0.593. The second-order valence-electron chi connectivity index (χ2n) is 4.46. The molecule has 0 heterocycles. The molecule has 0 aromatic heterocycles. The van der Waals surface area contributed by atoms with E-state index < -0.39 is 0 Å². The van der Waals surface area contributed by atoms with E-state index in [4.69, 9.17) is 4.74 Å². The molecular formula is C16H16O. The third kappa shape index (κ3) is 1.72. The van der Waals surface area contributed by atoms with E-state index in [1.807, 2.05) is 0 Å². The minimum absolute atomic E-state index is 0.811. The molecule has 0 fully saturated rings.